The quantitative estimate of drug-likeness (QED) is 0.545. The van der Waals surface area contributed by atoms with Gasteiger partial charge in [-0.1, -0.05) is 32.1 Å². The van der Waals surface area contributed by atoms with Crippen molar-refractivity contribution in [1.82, 2.24) is 30.3 Å². The molecule has 1 aliphatic heterocycles. The van der Waals surface area contributed by atoms with E-state index >= 15 is 0 Å². The van der Waals surface area contributed by atoms with Gasteiger partial charge in [-0.3, -0.25) is 4.90 Å². The summed E-state index contributed by atoms with van der Waals surface area (Å²) < 4.78 is 7.66. The Kier molecular flexibility index (Phi) is 7.25. The van der Waals surface area contributed by atoms with E-state index in [0.29, 0.717) is 12.6 Å². The van der Waals surface area contributed by atoms with Crippen LogP contribution < -0.4 is 10.6 Å². The fourth-order valence-corrected chi connectivity index (χ4v) is 5.26. The molecular weight excluding hydrogens is 378 g/mol. The second kappa shape index (κ2) is 10.1. The van der Waals surface area contributed by atoms with Crippen LogP contribution in [0.15, 0.2) is 4.99 Å². The molecule has 1 aromatic rings. The first-order chi connectivity index (χ1) is 14.7. The summed E-state index contributed by atoms with van der Waals surface area (Å²) in [5.74, 6) is 2.76. The number of guanidine groups is 1. The Balaban J connectivity index is 1.46. The molecular formula is C22H39N7O. The van der Waals surface area contributed by atoms with Gasteiger partial charge in [0.15, 0.2) is 11.8 Å². The molecule has 8 heteroatoms. The van der Waals surface area contributed by atoms with E-state index in [9.17, 15) is 0 Å². The van der Waals surface area contributed by atoms with Gasteiger partial charge < -0.3 is 19.9 Å². The zero-order chi connectivity index (χ0) is 20.8. The number of rotatable bonds is 6. The number of aromatic nitrogens is 3. The average Bonchev–Trinajstić information content (AvgIpc) is 3.42. The molecule has 30 heavy (non-hydrogen) atoms. The molecule has 0 radical (unpaired) electrons. The maximum Gasteiger partial charge on any atom is 0.191 e. The highest BCUT2D eigenvalue weighted by Gasteiger charge is 2.38. The molecule has 0 aromatic carbocycles. The van der Waals surface area contributed by atoms with Gasteiger partial charge in [-0.05, 0) is 32.6 Å². The Morgan fingerprint density at radius 3 is 2.50 bits per heavy atom. The second-order valence-electron chi connectivity index (χ2n) is 9.25. The van der Waals surface area contributed by atoms with Crippen LogP contribution in [-0.4, -0.2) is 70.1 Å². The number of morpholine rings is 1. The normalized spacial score (nSPS) is 23.6. The Morgan fingerprint density at radius 2 is 1.83 bits per heavy atom. The summed E-state index contributed by atoms with van der Waals surface area (Å²) in [6.45, 7) is 7.27. The van der Waals surface area contributed by atoms with Crippen LogP contribution in [0.3, 0.4) is 0 Å². The number of nitrogens with one attached hydrogen (secondary N) is 2. The molecule has 3 aliphatic rings. The minimum Gasteiger partial charge on any atom is -0.379 e. The van der Waals surface area contributed by atoms with Crippen LogP contribution in [0, 0.1) is 6.92 Å². The molecule has 2 heterocycles. The van der Waals surface area contributed by atoms with Crippen molar-refractivity contribution in [2.75, 3.05) is 32.8 Å². The highest BCUT2D eigenvalue weighted by atomic mass is 16.5. The van der Waals surface area contributed by atoms with E-state index in [-0.39, 0.29) is 5.54 Å². The lowest BCUT2D eigenvalue weighted by Crippen LogP contribution is -2.60. The molecule has 8 nitrogen and oxygen atoms in total. The van der Waals surface area contributed by atoms with Gasteiger partial charge >= 0.3 is 0 Å². The minimum atomic E-state index is 0.224. The van der Waals surface area contributed by atoms with Crippen molar-refractivity contribution in [2.45, 2.75) is 82.8 Å². The first-order valence-electron chi connectivity index (χ1n) is 11.9. The molecule has 2 aliphatic carbocycles. The van der Waals surface area contributed by atoms with Gasteiger partial charge in [-0.2, -0.15) is 0 Å². The molecule has 0 bridgehead atoms. The standard InChI is InChI=1S/C22H39N7O/c1-18-26-27-20(28(18)2)16-23-21(25-19-8-4-5-9-19)24-17-22(10-6-3-7-11-22)29-12-14-30-15-13-29/h19H,3-17H2,1-2H3,(H2,23,24,25). The predicted molar refractivity (Wildman–Crippen MR) is 118 cm³/mol. The van der Waals surface area contributed by atoms with E-state index < -0.39 is 0 Å². The second-order valence-corrected chi connectivity index (χ2v) is 9.25. The zero-order valence-electron chi connectivity index (χ0n) is 18.8. The summed E-state index contributed by atoms with van der Waals surface area (Å²) in [5.41, 5.74) is 0.224. The smallest absolute Gasteiger partial charge is 0.191 e. The summed E-state index contributed by atoms with van der Waals surface area (Å²) in [6, 6.07) is 0.531. The first-order valence-corrected chi connectivity index (χ1v) is 11.9. The third-order valence-corrected chi connectivity index (χ3v) is 7.31. The van der Waals surface area contributed by atoms with Crippen LogP contribution in [0.5, 0.6) is 0 Å². The van der Waals surface area contributed by atoms with Gasteiger partial charge in [-0.15, -0.1) is 10.2 Å². The largest absolute Gasteiger partial charge is 0.379 e. The number of hydrogen-bond acceptors (Lipinski definition) is 5. The monoisotopic (exact) mass is 417 g/mol. The Morgan fingerprint density at radius 1 is 1.10 bits per heavy atom. The molecule has 0 unspecified atom stereocenters. The van der Waals surface area contributed by atoms with Gasteiger partial charge in [-0.25, -0.2) is 4.99 Å². The van der Waals surface area contributed by atoms with Crippen molar-refractivity contribution in [1.29, 1.82) is 0 Å². The van der Waals surface area contributed by atoms with Crippen LogP contribution >= 0.6 is 0 Å². The number of hydrogen-bond donors (Lipinski definition) is 2. The van der Waals surface area contributed by atoms with Crippen LogP contribution in [0.2, 0.25) is 0 Å². The van der Waals surface area contributed by atoms with Crippen molar-refractivity contribution in [3.05, 3.63) is 11.6 Å². The maximum absolute atomic E-state index is 5.64. The van der Waals surface area contributed by atoms with Gasteiger partial charge in [0.2, 0.25) is 0 Å². The van der Waals surface area contributed by atoms with Crippen molar-refractivity contribution < 1.29 is 4.74 Å². The topological polar surface area (TPSA) is 79.6 Å². The molecule has 168 valence electrons. The highest BCUT2D eigenvalue weighted by Crippen LogP contribution is 2.34. The Labute approximate surface area is 180 Å². The van der Waals surface area contributed by atoms with E-state index in [2.05, 4.69) is 25.7 Å². The van der Waals surface area contributed by atoms with E-state index in [0.717, 1.165) is 50.5 Å². The van der Waals surface area contributed by atoms with Crippen molar-refractivity contribution in [3.8, 4) is 0 Å². The van der Waals surface area contributed by atoms with Gasteiger partial charge in [0.1, 0.15) is 12.4 Å². The van der Waals surface area contributed by atoms with Gasteiger partial charge in [0.25, 0.3) is 0 Å². The highest BCUT2D eigenvalue weighted by molar-refractivity contribution is 5.80. The zero-order valence-corrected chi connectivity index (χ0v) is 18.8. The minimum absolute atomic E-state index is 0.224. The summed E-state index contributed by atoms with van der Waals surface area (Å²) >= 11 is 0. The van der Waals surface area contributed by atoms with Crippen LogP contribution in [-0.2, 0) is 18.3 Å². The number of aryl methyl sites for hydroxylation is 1. The average molecular weight is 418 g/mol. The third kappa shape index (κ3) is 5.14. The molecule has 3 fully saturated rings. The van der Waals surface area contributed by atoms with Crippen molar-refractivity contribution >= 4 is 5.96 Å². The fourth-order valence-electron chi connectivity index (χ4n) is 5.26. The molecule has 1 aromatic heterocycles. The molecule has 2 N–H and O–H groups in total. The lowest BCUT2D eigenvalue weighted by molar-refractivity contribution is -0.0352. The van der Waals surface area contributed by atoms with E-state index in [1.165, 1.54) is 57.8 Å². The van der Waals surface area contributed by atoms with Crippen LogP contribution in [0.1, 0.15) is 69.4 Å². The van der Waals surface area contributed by atoms with Crippen LogP contribution in [0.4, 0.5) is 0 Å². The molecule has 0 amide bonds. The van der Waals surface area contributed by atoms with E-state index in [1.807, 2.05) is 18.5 Å². The van der Waals surface area contributed by atoms with E-state index in [1.54, 1.807) is 0 Å². The summed E-state index contributed by atoms with van der Waals surface area (Å²) in [5, 5.41) is 15.9. The van der Waals surface area contributed by atoms with E-state index in [4.69, 9.17) is 9.73 Å². The van der Waals surface area contributed by atoms with Gasteiger partial charge in [0.05, 0.1) is 13.2 Å². The third-order valence-electron chi connectivity index (χ3n) is 7.31. The lowest BCUT2D eigenvalue weighted by Gasteiger charge is -2.48. The van der Waals surface area contributed by atoms with Crippen LogP contribution in [0.25, 0.3) is 0 Å². The van der Waals surface area contributed by atoms with Crippen molar-refractivity contribution in [3.63, 3.8) is 0 Å². The summed E-state index contributed by atoms with van der Waals surface area (Å²) in [7, 11) is 2.01. The Hall–Kier alpha value is -1.67. The molecule has 0 atom stereocenters. The summed E-state index contributed by atoms with van der Waals surface area (Å²) in [4.78, 5) is 7.60. The molecule has 0 spiro atoms. The Bertz CT molecular complexity index is 698. The number of aliphatic imine (C=N–C) groups is 1. The molecule has 4 rings (SSSR count). The molecule has 2 saturated carbocycles. The molecule has 1 saturated heterocycles. The lowest BCUT2D eigenvalue weighted by atomic mass is 9.80. The number of nitrogens with zero attached hydrogens (tertiary/aromatic N) is 5. The SMILES string of the molecule is Cc1nnc(CN=C(NCC2(N3CCOCC3)CCCCC2)NC2CCCC2)n1C. The number of ether oxygens (including phenoxy) is 1. The first kappa shape index (κ1) is 21.6. The predicted octanol–water partition coefficient (Wildman–Crippen LogP) is 2.14. The fraction of sp³-hybridized carbons (Fsp3) is 0.864. The summed E-state index contributed by atoms with van der Waals surface area (Å²) in [6.07, 6.45) is 11.6. The van der Waals surface area contributed by atoms with Crippen molar-refractivity contribution in [2.24, 2.45) is 12.0 Å². The maximum atomic E-state index is 5.64. The van der Waals surface area contributed by atoms with Gasteiger partial charge in [0, 0.05) is 38.3 Å².